The van der Waals surface area contributed by atoms with E-state index in [0.717, 1.165) is 0 Å². The van der Waals surface area contributed by atoms with Crippen LogP contribution in [-0.2, 0) is 4.79 Å². The van der Waals surface area contributed by atoms with Crippen LogP contribution in [0, 0.1) is 0 Å². The van der Waals surface area contributed by atoms with Gasteiger partial charge in [-0.2, -0.15) is 0 Å². The second kappa shape index (κ2) is 1.95. The van der Waals surface area contributed by atoms with Gasteiger partial charge in [-0.1, -0.05) is 0 Å². The maximum atomic E-state index is 11.3. The van der Waals surface area contributed by atoms with Gasteiger partial charge in [-0.15, -0.1) is 0 Å². The molecule has 1 heterocycles. The van der Waals surface area contributed by atoms with Gasteiger partial charge in [0.25, 0.3) is 5.91 Å². The molecule has 1 saturated heterocycles. The lowest BCUT2D eigenvalue weighted by atomic mass is 10.1. The molecule has 0 aromatic rings. The van der Waals surface area contributed by atoms with Gasteiger partial charge in [0.15, 0.2) is 0 Å². The van der Waals surface area contributed by atoms with Gasteiger partial charge in [-0.3, -0.25) is 4.79 Å². The van der Waals surface area contributed by atoms with Gasteiger partial charge in [-0.25, -0.2) is 0 Å². The minimum absolute atomic E-state index is 0.126. The summed E-state index contributed by atoms with van der Waals surface area (Å²) in [5.74, 6) is -0.126. The van der Waals surface area contributed by atoms with E-state index < -0.39 is 5.60 Å². The number of nitrogens with two attached hydrogens (primary N) is 1. The fourth-order valence-electron chi connectivity index (χ4n) is 1.31. The van der Waals surface area contributed by atoms with Crippen LogP contribution in [0.2, 0.25) is 0 Å². The third-order valence-corrected chi connectivity index (χ3v) is 2.32. The summed E-state index contributed by atoms with van der Waals surface area (Å²) in [5.41, 5.74) is 4.49. The van der Waals surface area contributed by atoms with Crippen LogP contribution in [0.5, 0.6) is 0 Å². The first kappa shape index (κ1) is 7.06. The molecule has 0 aromatic heterocycles. The lowest BCUT2D eigenvalue weighted by Gasteiger charge is -2.38. The van der Waals surface area contributed by atoms with Crippen LogP contribution < -0.4 is 5.73 Å². The summed E-state index contributed by atoms with van der Waals surface area (Å²) in [4.78, 5) is 12.9. The Morgan fingerprint density at radius 2 is 2.09 bits per heavy atom. The molecule has 0 unspecified atom stereocenters. The smallest absolute Gasteiger partial charge is 0.254 e. The van der Waals surface area contributed by atoms with Gasteiger partial charge in [0.2, 0.25) is 0 Å². The Bertz CT molecular complexity index is 195. The molecule has 62 valence electrons. The average molecular weight is 156 g/mol. The minimum atomic E-state index is -1.000. The Morgan fingerprint density at radius 3 is 2.45 bits per heavy atom. The number of likely N-dealkylation sites (tertiary alicyclic amines) is 1. The number of amides is 1. The Labute approximate surface area is 65.0 Å². The molecule has 0 spiro atoms. The van der Waals surface area contributed by atoms with E-state index in [9.17, 15) is 9.90 Å². The highest BCUT2D eigenvalue weighted by molar-refractivity contribution is 5.88. The summed E-state index contributed by atoms with van der Waals surface area (Å²) in [7, 11) is 0. The number of carbonyl (C=O) groups is 1. The number of rotatable bonds is 1. The zero-order valence-corrected chi connectivity index (χ0v) is 6.29. The predicted molar refractivity (Wildman–Crippen MR) is 38.7 cm³/mol. The number of hydrogen-bond donors (Lipinski definition) is 2. The first-order valence-corrected chi connectivity index (χ1v) is 3.89. The summed E-state index contributed by atoms with van der Waals surface area (Å²) in [5, 5.41) is 9.39. The molecule has 0 bridgehead atoms. The molecular formula is C7H12N2O2. The van der Waals surface area contributed by atoms with Crippen molar-refractivity contribution in [2.75, 3.05) is 13.1 Å². The molecule has 2 aliphatic rings. The molecule has 1 aliphatic carbocycles. The SMILES string of the molecule is NC1CN(C(=O)C2(O)CC2)C1. The minimum Gasteiger partial charge on any atom is -0.380 e. The molecule has 1 saturated carbocycles. The van der Waals surface area contributed by atoms with Gasteiger partial charge in [0, 0.05) is 19.1 Å². The zero-order valence-electron chi connectivity index (χ0n) is 6.29. The van der Waals surface area contributed by atoms with Crippen molar-refractivity contribution < 1.29 is 9.90 Å². The van der Waals surface area contributed by atoms with E-state index in [1.54, 1.807) is 4.90 Å². The molecule has 4 heteroatoms. The van der Waals surface area contributed by atoms with Crippen molar-refractivity contribution in [2.24, 2.45) is 5.73 Å². The summed E-state index contributed by atoms with van der Waals surface area (Å²) in [6, 6.07) is 0.126. The molecule has 4 nitrogen and oxygen atoms in total. The van der Waals surface area contributed by atoms with Gasteiger partial charge in [0.05, 0.1) is 0 Å². The van der Waals surface area contributed by atoms with E-state index in [0.29, 0.717) is 25.9 Å². The van der Waals surface area contributed by atoms with Crippen LogP contribution in [0.25, 0.3) is 0 Å². The standard InChI is InChI=1S/C7H12N2O2/c8-5-3-9(4-5)6(10)7(11)1-2-7/h5,11H,1-4,8H2. The van der Waals surface area contributed by atoms with Crippen LogP contribution in [0.15, 0.2) is 0 Å². The third kappa shape index (κ3) is 1.02. The highest BCUT2D eigenvalue weighted by atomic mass is 16.3. The Kier molecular flexibility index (Phi) is 1.25. The fraction of sp³-hybridized carbons (Fsp3) is 0.857. The normalized spacial score (nSPS) is 28.0. The van der Waals surface area contributed by atoms with Gasteiger partial charge < -0.3 is 15.7 Å². The third-order valence-electron chi connectivity index (χ3n) is 2.32. The van der Waals surface area contributed by atoms with Gasteiger partial charge >= 0.3 is 0 Å². The second-order valence-electron chi connectivity index (χ2n) is 3.50. The average Bonchev–Trinajstić information content (AvgIpc) is 2.61. The highest BCUT2D eigenvalue weighted by Crippen LogP contribution is 2.37. The quantitative estimate of drug-likeness (QED) is 0.495. The lowest BCUT2D eigenvalue weighted by Crippen LogP contribution is -2.60. The van der Waals surface area contributed by atoms with Crippen LogP contribution in [-0.4, -0.2) is 40.6 Å². The predicted octanol–water partition coefficient (Wildman–Crippen LogP) is -1.32. The first-order valence-electron chi connectivity index (χ1n) is 3.89. The number of hydrogen-bond acceptors (Lipinski definition) is 3. The second-order valence-corrected chi connectivity index (χ2v) is 3.50. The monoisotopic (exact) mass is 156 g/mol. The van der Waals surface area contributed by atoms with Gasteiger partial charge in [0.1, 0.15) is 5.60 Å². The summed E-state index contributed by atoms with van der Waals surface area (Å²) in [6.45, 7) is 1.22. The summed E-state index contributed by atoms with van der Waals surface area (Å²) < 4.78 is 0. The van der Waals surface area contributed by atoms with E-state index in [1.807, 2.05) is 0 Å². The Morgan fingerprint density at radius 1 is 1.55 bits per heavy atom. The molecule has 3 N–H and O–H groups in total. The molecule has 2 rings (SSSR count). The van der Waals surface area contributed by atoms with E-state index in [1.165, 1.54) is 0 Å². The molecule has 0 radical (unpaired) electrons. The van der Waals surface area contributed by atoms with E-state index in [-0.39, 0.29) is 11.9 Å². The van der Waals surface area contributed by atoms with Crippen molar-refractivity contribution in [2.45, 2.75) is 24.5 Å². The zero-order chi connectivity index (χ0) is 8.06. The molecule has 1 amide bonds. The topological polar surface area (TPSA) is 66.6 Å². The molecular weight excluding hydrogens is 144 g/mol. The number of aliphatic hydroxyl groups is 1. The largest absolute Gasteiger partial charge is 0.380 e. The lowest BCUT2D eigenvalue weighted by molar-refractivity contribution is -0.146. The number of carbonyl (C=O) groups excluding carboxylic acids is 1. The summed E-state index contributed by atoms with van der Waals surface area (Å²) in [6.07, 6.45) is 1.25. The van der Waals surface area contributed by atoms with Crippen LogP contribution in [0.1, 0.15) is 12.8 Å². The van der Waals surface area contributed by atoms with E-state index >= 15 is 0 Å². The Balaban J connectivity index is 1.91. The maximum Gasteiger partial charge on any atom is 0.254 e. The molecule has 11 heavy (non-hydrogen) atoms. The van der Waals surface area contributed by atoms with Crippen LogP contribution in [0.3, 0.4) is 0 Å². The summed E-state index contributed by atoms with van der Waals surface area (Å²) >= 11 is 0. The molecule has 1 aliphatic heterocycles. The van der Waals surface area contributed by atoms with Crippen LogP contribution in [0.4, 0.5) is 0 Å². The first-order chi connectivity index (χ1) is 5.12. The van der Waals surface area contributed by atoms with Crippen molar-refractivity contribution in [1.82, 2.24) is 4.90 Å². The van der Waals surface area contributed by atoms with E-state index in [4.69, 9.17) is 5.73 Å². The van der Waals surface area contributed by atoms with Crippen LogP contribution >= 0.6 is 0 Å². The van der Waals surface area contributed by atoms with Crippen molar-refractivity contribution in [1.29, 1.82) is 0 Å². The fourth-order valence-corrected chi connectivity index (χ4v) is 1.31. The molecule has 0 atom stereocenters. The van der Waals surface area contributed by atoms with Gasteiger partial charge in [-0.05, 0) is 12.8 Å². The maximum absolute atomic E-state index is 11.3. The molecule has 0 aromatic carbocycles. The molecule has 2 fully saturated rings. The van der Waals surface area contributed by atoms with Crippen molar-refractivity contribution in [3.8, 4) is 0 Å². The van der Waals surface area contributed by atoms with Crippen molar-refractivity contribution in [3.63, 3.8) is 0 Å². The van der Waals surface area contributed by atoms with E-state index in [2.05, 4.69) is 0 Å². The van der Waals surface area contributed by atoms with Crippen molar-refractivity contribution >= 4 is 5.91 Å². The Hall–Kier alpha value is -0.610. The highest BCUT2D eigenvalue weighted by Gasteiger charge is 2.51. The van der Waals surface area contributed by atoms with Crippen molar-refractivity contribution in [3.05, 3.63) is 0 Å². The number of nitrogens with zero attached hydrogens (tertiary/aromatic N) is 1.